The summed E-state index contributed by atoms with van der Waals surface area (Å²) >= 11 is 0. The first kappa shape index (κ1) is 30.4. The standard InChI is InChI=1S/C26H21F8N3O3S/c1-36(2)41(39,40)19-5-3-4-17(12-19)15-6-8-16(9-7-15)22-14-23(24(38,25(29,30)31)26(32,33)34)35-37(22)21-11-10-18(27)13-20(21)28/h3-13,22,38H,14H2,1-2H3. The third kappa shape index (κ3) is 5.40. The number of hydrogen-bond donors (Lipinski definition) is 1. The lowest BCUT2D eigenvalue weighted by molar-refractivity contribution is -0.338. The normalized spacial score (nSPS) is 16.8. The van der Waals surface area contributed by atoms with E-state index in [2.05, 4.69) is 5.10 Å². The first-order valence-corrected chi connectivity index (χ1v) is 13.1. The molecule has 0 aromatic heterocycles. The van der Waals surface area contributed by atoms with Crippen molar-refractivity contribution in [1.29, 1.82) is 0 Å². The van der Waals surface area contributed by atoms with Crippen LogP contribution in [-0.4, -0.2) is 55.6 Å². The van der Waals surface area contributed by atoms with E-state index in [1.807, 2.05) is 0 Å². The molecular weight excluding hydrogens is 586 g/mol. The first-order valence-electron chi connectivity index (χ1n) is 11.7. The smallest absolute Gasteiger partial charge is 0.369 e. The number of nitrogens with zero attached hydrogens (tertiary/aromatic N) is 3. The maximum Gasteiger partial charge on any atom is 0.431 e. The predicted octanol–water partition coefficient (Wildman–Crippen LogP) is 6.05. The van der Waals surface area contributed by atoms with Gasteiger partial charge in [-0.1, -0.05) is 36.4 Å². The van der Waals surface area contributed by atoms with Gasteiger partial charge in [0, 0.05) is 26.6 Å². The minimum Gasteiger partial charge on any atom is -0.369 e. The summed E-state index contributed by atoms with van der Waals surface area (Å²) in [5, 5.41) is 13.8. The molecule has 3 aromatic carbocycles. The molecule has 15 heteroatoms. The van der Waals surface area contributed by atoms with Crippen LogP contribution < -0.4 is 5.01 Å². The zero-order valence-corrected chi connectivity index (χ0v) is 22.0. The monoisotopic (exact) mass is 607 g/mol. The average molecular weight is 608 g/mol. The van der Waals surface area contributed by atoms with Gasteiger partial charge in [0.1, 0.15) is 5.82 Å². The molecule has 0 bridgehead atoms. The summed E-state index contributed by atoms with van der Waals surface area (Å²) in [6, 6.07) is 11.9. The zero-order valence-electron chi connectivity index (χ0n) is 21.2. The van der Waals surface area contributed by atoms with Gasteiger partial charge in [0.2, 0.25) is 10.0 Å². The number of hydrogen-bond acceptors (Lipinski definition) is 5. The second kappa shape index (κ2) is 10.4. The van der Waals surface area contributed by atoms with Crippen molar-refractivity contribution in [1.82, 2.24) is 4.31 Å². The average Bonchev–Trinajstić information content (AvgIpc) is 3.32. The Balaban J connectivity index is 1.78. The summed E-state index contributed by atoms with van der Waals surface area (Å²) in [5.74, 6) is -2.35. The van der Waals surface area contributed by atoms with Gasteiger partial charge in [-0.3, -0.25) is 5.01 Å². The van der Waals surface area contributed by atoms with Gasteiger partial charge < -0.3 is 5.11 Å². The Hall–Kier alpha value is -3.56. The largest absolute Gasteiger partial charge is 0.431 e. The summed E-state index contributed by atoms with van der Waals surface area (Å²) < 4.78 is 136. The SMILES string of the molecule is CN(C)S(=O)(=O)c1cccc(-c2ccc(C3CC(C(O)(C(F)(F)F)C(F)(F)F)=NN3c3ccc(F)cc3F)cc2)c1. The highest BCUT2D eigenvalue weighted by atomic mass is 32.2. The first-order chi connectivity index (χ1) is 18.9. The summed E-state index contributed by atoms with van der Waals surface area (Å²) in [5.41, 5.74) is -6.71. The molecule has 0 fully saturated rings. The molecule has 3 aromatic rings. The number of halogens is 8. The molecule has 4 rings (SSSR count). The molecule has 41 heavy (non-hydrogen) atoms. The summed E-state index contributed by atoms with van der Waals surface area (Å²) in [6.45, 7) is 0. The number of benzene rings is 3. The second-order valence-electron chi connectivity index (χ2n) is 9.35. The van der Waals surface area contributed by atoms with Gasteiger partial charge >= 0.3 is 12.4 Å². The lowest BCUT2D eigenvalue weighted by Crippen LogP contribution is -2.62. The fourth-order valence-electron chi connectivity index (χ4n) is 4.31. The van der Waals surface area contributed by atoms with Crippen LogP contribution in [0.15, 0.2) is 76.7 Å². The quantitative estimate of drug-likeness (QED) is 0.347. The number of hydrazone groups is 1. The summed E-state index contributed by atoms with van der Waals surface area (Å²) in [4.78, 5) is -0.0190. The Bertz CT molecular complexity index is 1570. The van der Waals surface area contributed by atoms with E-state index >= 15 is 0 Å². The van der Waals surface area contributed by atoms with Crippen molar-refractivity contribution >= 4 is 21.4 Å². The van der Waals surface area contributed by atoms with Crippen LogP contribution in [0.3, 0.4) is 0 Å². The van der Waals surface area contributed by atoms with Gasteiger partial charge in [0.25, 0.3) is 5.60 Å². The van der Waals surface area contributed by atoms with Crippen molar-refractivity contribution in [2.45, 2.75) is 35.3 Å². The van der Waals surface area contributed by atoms with Crippen molar-refractivity contribution < 1.29 is 48.6 Å². The van der Waals surface area contributed by atoms with Gasteiger partial charge in [-0.05, 0) is 41.0 Å². The minimum atomic E-state index is -6.21. The highest BCUT2D eigenvalue weighted by molar-refractivity contribution is 7.89. The number of alkyl halides is 6. The molecule has 1 atom stereocenters. The molecule has 0 aliphatic carbocycles. The lowest BCUT2D eigenvalue weighted by atomic mass is 9.89. The van der Waals surface area contributed by atoms with E-state index in [4.69, 9.17) is 0 Å². The van der Waals surface area contributed by atoms with Crippen LogP contribution in [0.25, 0.3) is 11.1 Å². The van der Waals surface area contributed by atoms with Crippen molar-refractivity contribution in [3.63, 3.8) is 0 Å². The van der Waals surface area contributed by atoms with E-state index in [0.29, 0.717) is 22.2 Å². The Labute approximate surface area is 229 Å². The van der Waals surface area contributed by atoms with Crippen LogP contribution >= 0.6 is 0 Å². The maximum atomic E-state index is 14.6. The number of rotatable bonds is 6. The number of sulfonamides is 1. The van der Waals surface area contributed by atoms with Crippen LogP contribution in [0.5, 0.6) is 0 Å². The molecule has 1 unspecified atom stereocenters. The molecule has 1 heterocycles. The van der Waals surface area contributed by atoms with Crippen molar-refractivity contribution in [3.8, 4) is 11.1 Å². The molecule has 0 saturated carbocycles. The third-order valence-corrected chi connectivity index (χ3v) is 8.36. The summed E-state index contributed by atoms with van der Waals surface area (Å²) in [7, 11) is -1.08. The van der Waals surface area contributed by atoms with Gasteiger partial charge in [-0.2, -0.15) is 31.4 Å². The molecule has 0 saturated heterocycles. The molecule has 0 radical (unpaired) electrons. The Morgan fingerprint density at radius 1 is 0.878 bits per heavy atom. The topological polar surface area (TPSA) is 73.2 Å². The predicted molar refractivity (Wildman–Crippen MR) is 133 cm³/mol. The Morgan fingerprint density at radius 3 is 2.02 bits per heavy atom. The van der Waals surface area contributed by atoms with Gasteiger partial charge in [-0.15, -0.1) is 0 Å². The third-order valence-electron chi connectivity index (χ3n) is 6.55. The van der Waals surface area contributed by atoms with Crippen molar-refractivity contribution in [3.05, 3.63) is 83.9 Å². The number of aliphatic hydroxyl groups is 1. The maximum absolute atomic E-state index is 14.6. The Kier molecular flexibility index (Phi) is 7.69. The minimum absolute atomic E-state index is 0.0190. The van der Waals surface area contributed by atoms with Crippen LogP contribution in [-0.2, 0) is 10.0 Å². The van der Waals surface area contributed by atoms with Gasteiger partial charge in [0.05, 0.1) is 22.3 Å². The Morgan fingerprint density at radius 2 is 1.49 bits per heavy atom. The summed E-state index contributed by atoms with van der Waals surface area (Å²) in [6.07, 6.45) is -13.5. The molecule has 0 spiro atoms. The van der Waals surface area contributed by atoms with E-state index < -0.39 is 63.5 Å². The molecule has 1 aliphatic heterocycles. The molecule has 220 valence electrons. The molecule has 6 nitrogen and oxygen atoms in total. The van der Waals surface area contributed by atoms with Crippen LogP contribution in [0.2, 0.25) is 0 Å². The van der Waals surface area contributed by atoms with Crippen LogP contribution in [0, 0.1) is 11.6 Å². The molecule has 0 amide bonds. The van der Waals surface area contributed by atoms with Gasteiger partial charge in [0.15, 0.2) is 5.82 Å². The number of anilines is 1. The van der Waals surface area contributed by atoms with Crippen LogP contribution in [0.1, 0.15) is 18.0 Å². The highest BCUT2D eigenvalue weighted by Gasteiger charge is 2.74. The van der Waals surface area contributed by atoms with Crippen LogP contribution in [0.4, 0.5) is 40.8 Å². The fraction of sp³-hybridized carbons (Fsp3) is 0.269. The molecule has 1 aliphatic rings. The van der Waals surface area contributed by atoms with E-state index in [1.54, 1.807) is 6.07 Å². The lowest BCUT2D eigenvalue weighted by Gasteiger charge is -2.32. The highest BCUT2D eigenvalue weighted by Crippen LogP contribution is 2.49. The fourth-order valence-corrected chi connectivity index (χ4v) is 5.26. The van der Waals surface area contributed by atoms with Gasteiger partial charge in [-0.25, -0.2) is 21.5 Å². The second-order valence-corrected chi connectivity index (χ2v) is 11.5. The van der Waals surface area contributed by atoms with Crippen molar-refractivity contribution in [2.24, 2.45) is 5.10 Å². The van der Waals surface area contributed by atoms with E-state index in [1.165, 1.54) is 56.6 Å². The van der Waals surface area contributed by atoms with E-state index in [-0.39, 0.29) is 10.5 Å². The van der Waals surface area contributed by atoms with E-state index in [9.17, 15) is 48.6 Å². The molecular formula is C26H21F8N3O3S. The molecule has 1 N–H and O–H groups in total. The zero-order chi connectivity index (χ0) is 30.5. The van der Waals surface area contributed by atoms with Crippen molar-refractivity contribution in [2.75, 3.05) is 19.1 Å². The van der Waals surface area contributed by atoms with E-state index in [0.717, 1.165) is 16.4 Å².